The Hall–Kier alpha value is -2.87. The molecule has 3 aliphatic carbocycles. The summed E-state index contributed by atoms with van der Waals surface area (Å²) in [6.07, 6.45) is 13.1. The summed E-state index contributed by atoms with van der Waals surface area (Å²) < 4.78 is 1.03. The number of carbonyl (C=O) groups excluding carboxylic acids is 5. The summed E-state index contributed by atoms with van der Waals surface area (Å²) >= 11 is 1.44. The molecule has 1 heterocycles. The van der Waals surface area contributed by atoms with Crippen molar-refractivity contribution in [3.8, 4) is 0 Å². The zero-order chi connectivity index (χ0) is 29.5. The first-order chi connectivity index (χ1) is 20.4. The van der Waals surface area contributed by atoms with E-state index < -0.39 is 23.7 Å². The summed E-state index contributed by atoms with van der Waals surface area (Å²) in [5, 5.41) is 6.81. The molecule has 3 saturated carbocycles. The standard InChI is InChI=1S/C34H44N2O5S/c37-28-16-9-13-23(28)19-27(32(39)34(41)35-26-14-5-2-6-15-26)36-33(40)25(18-22-10-3-1-4-11-22)20-29(38)31-21-24-12-7-8-17-30(24)42-31/h7-8,12,17,21-23,25-27H,1-6,9-11,13-16,18-20H2,(H,35,41)(H,36,40)/t23-,25+,27-/m0/s1. The van der Waals surface area contributed by atoms with Crippen LogP contribution in [0.5, 0.6) is 0 Å². The van der Waals surface area contributed by atoms with E-state index in [2.05, 4.69) is 10.6 Å². The van der Waals surface area contributed by atoms with Gasteiger partial charge in [0.15, 0.2) is 5.78 Å². The van der Waals surface area contributed by atoms with Gasteiger partial charge in [0, 0.05) is 35.4 Å². The molecule has 1 aromatic heterocycles. The van der Waals surface area contributed by atoms with E-state index in [1.165, 1.54) is 17.8 Å². The van der Waals surface area contributed by atoms with Crippen LogP contribution < -0.4 is 10.6 Å². The lowest BCUT2D eigenvalue weighted by Gasteiger charge is -2.28. The highest BCUT2D eigenvalue weighted by atomic mass is 32.1. The van der Waals surface area contributed by atoms with Crippen molar-refractivity contribution in [3.05, 3.63) is 35.2 Å². The maximum absolute atomic E-state index is 13.9. The lowest BCUT2D eigenvalue weighted by atomic mass is 9.80. The predicted molar refractivity (Wildman–Crippen MR) is 164 cm³/mol. The normalized spacial score (nSPS) is 21.6. The van der Waals surface area contributed by atoms with Crippen molar-refractivity contribution in [2.75, 3.05) is 0 Å². The average Bonchev–Trinajstić information content (AvgIpc) is 3.63. The fourth-order valence-corrected chi connectivity index (χ4v) is 8.17. The van der Waals surface area contributed by atoms with Gasteiger partial charge in [-0.25, -0.2) is 0 Å². The molecule has 226 valence electrons. The van der Waals surface area contributed by atoms with Crippen LogP contribution in [0, 0.1) is 17.8 Å². The second-order valence-corrected chi connectivity index (χ2v) is 13.8. The maximum Gasteiger partial charge on any atom is 0.289 e. The van der Waals surface area contributed by atoms with E-state index in [0.29, 0.717) is 30.1 Å². The first kappa shape index (κ1) is 30.6. The predicted octanol–water partition coefficient (Wildman–Crippen LogP) is 6.32. The van der Waals surface area contributed by atoms with Crippen molar-refractivity contribution in [2.24, 2.45) is 17.8 Å². The Kier molecular flexibility index (Phi) is 10.6. The molecular formula is C34H44N2O5S. The van der Waals surface area contributed by atoms with Crippen LogP contribution in [-0.4, -0.2) is 41.2 Å². The second-order valence-electron chi connectivity index (χ2n) is 12.7. The Balaban J connectivity index is 1.32. The van der Waals surface area contributed by atoms with Gasteiger partial charge in [-0.05, 0) is 62.0 Å². The molecule has 8 heteroatoms. The Morgan fingerprint density at radius 3 is 2.26 bits per heavy atom. The van der Waals surface area contributed by atoms with Crippen LogP contribution in [0.3, 0.4) is 0 Å². The summed E-state index contributed by atoms with van der Waals surface area (Å²) in [5.41, 5.74) is 0. The number of thiophene rings is 1. The number of benzene rings is 1. The molecule has 3 aliphatic rings. The summed E-state index contributed by atoms with van der Waals surface area (Å²) in [6, 6.07) is 8.66. The molecule has 0 aliphatic heterocycles. The molecule has 5 rings (SSSR count). The SMILES string of the molecule is O=C(NC1CCCCC1)C(=O)[C@H](C[C@@H]1CCCC1=O)NC(=O)[C@@H](CC(=O)c1cc2ccccc2s1)CC1CCCCC1. The summed E-state index contributed by atoms with van der Waals surface area (Å²) in [5.74, 6) is -2.28. The smallest absolute Gasteiger partial charge is 0.289 e. The Morgan fingerprint density at radius 1 is 0.857 bits per heavy atom. The number of fused-ring (bicyclic) bond motifs is 1. The molecule has 42 heavy (non-hydrogen) atoms. The summed E-state index contributed by atoms with van der Waals surface area (Å²) in [4.78, 5) is 67.1. The monoisotopic (exact) mass is 592 g/mol. The molecular weight excluding hydrogens is 548 g/mol. The third-order valence-electron chi connectivity index (χ3n) is 9.59. The van der Waals surface area contributed by atoms with Crippen molar-refractivity contribution in [1.82, 2.24) is 10.6 Å². The molecule has 0 spiro atoms. The van der Waals surface area contributed by atoms with Gasteiger partial charge in [0.05, 0.1) is 10.9 Å². The third kappa shape index (κ3) is 7.94. The van der Waals surface area contributed by atoms with E-state index in [4.69, 9.17) is 0 Å². The molecule has 0 bridgehead atoms. The minimum Gasteiger partial charge on any atom is -0.347 e. The minimum absolute atomic E-state index is 0.0300. The number of nitrogens with one attached hydrogen (secondary N) is 2. The summed E-state index contributed by atoms with van der Waals surface area (Å²) in [6.45, 7) is 0. The van der Waals surface area contributed by atoms with Gasteiger partial charge in [0.25, 0.3) is 5.91 Å². The average molecular weight is 593 g/mol. The fourth-order valence-electron chi connectivity index (χ4n) is 7.16. The van der Waals surface area contributed by atoms with Crippen molar-refractivity contribution in [1.29, 1.82) is 0 Å². The van der Waals surface area contributed by atoms with E-state index >= 15 is 0 Å². The first-order valence-electron chi connectivity index (χ1n) is 16.1. The molecule has 7 nitrogen and oxygen atoms in total. The van der Waals surface area contributed by atoms with E-state index in [1.54, 1.807) is 0 Å². The number of ketones is 3. The van der Waals surface area contributed by atoms with E-state index in [1.807, 2.05) is 30.3 Å². The van der Waals surface area contributed by atoms with Gasteiger partial charge in [-0.3, -0.25) is 24.0 Å². The highest BCUT2D eigenvalue weighted by molar-refractivity contribution is 7.20. The van der Waals surface area contributed by atoms with Gasteiger partial charge in [-0.1, -0.05) is 69.6 Å². The largest absolute Gasteiger partial charge is 0.347 e. The highest BCUT2D eigenvalue weighted by Gasteiger charge is 2.37. The zero-order valence-corrected chi connectivity index (χ0v) is 25.4. The zero-order valence-electron chi connectivity index (χ0n) is 24.5. The molecule has 0 radical (unpaired) electrons. The van der Waals surface area contributed by atoms with Crippen LogP contribution in [0.4, 0.5) is 0 Å². The third-order valence-corrected chi connectivity index (χ3v) is 10.8. The van der Waals surface area contributed by atoms with E-state index in [-0.39, 0.29) is 42.3 Å². The number of amides is 2. The van der Waals surface area contributed by atoms with E-state index in [9.17, 15) is 24.0 Å². The molecule has 2 N–H and O–H groups in total. The lowest BCUT2D eigenvalue weighted by Crippen LogP contribution is -2.52. The highest BCUT2D eigenvalue weighted by Crippen LogP contribution is 2.33. The van der Waals surface area contributed by atoms with Gasteiger partial charge in [-0.15, -0.1) is 11.3 Å². The Morgan fingerprint density at radius 2 is 1.57 bits per heavy atom. The molecule has 1 aromatic carbocycles. The Labute approximate surface area is 252 Å². The Bertz CT molecular complexity index is 1260. The van der Waals surface area contributed by atoms with Crippen molar-refractivity contribution >= 4 is 50.6 Å². The van der Waals surface area contributed by atoms with Crippen LogP contribution in [0.2, 0.25) is 0 Å². The fraction of sp³-hybridized carbons (Fsp3) is 0.618. The minimum atomic E-state index is -1.07. The van der Waals surface area contributed by atoms with Gasteiger partial charge in [-0.2, -0.15) is 0 Å². The quantitative estimate of drug-likeness (QED) is 0.221. The van der Waals surface area contributed by atoms with Crippen molar-refractivity contribution in [3.63, 3.8) is 0 Å². The van der Waals surface area contributed by atoms with Gasteiger partial charge < -0.3 is 10.6 Å². The van der Waals surface area contributed by atoms with Crippen LogP contribution in [0.25, 0.3) is 10.1 Å². The molecule has 0 saturated heterocycles. The molecule has 0 unspecified atom stereocenters. The number of Topliss-reactive ketones (excluding diaryl/α,β-unsaturated/α-hetero) is 3. The van der Waals surface area contributed by atoms with E-state index in [0.717, 1.165) is 74.3 Å². The first-order valence-corrected chi connectivity index (χ1v) is 16.9. The van der Waals surface area contributed by atoms with Crippen LogP contribution in [0.1, 0.15) is 112 Å². The van der Waals surface area contributed by atoms with Gasteiger partial charge in [0.2, 0.25) is 11.7 Å². The lowest BCUT2D eigenvalue weighted by molar-refractivity contribution is -0.141. The van der Waals surface area contributed by atoms with Crippen molar-refractivity contribution in [2.45, 2.75) is 115 Å². The number of hydrogen-bond donors (Lipinski definition) is 2. The summed E-state index contributed by atoms with van der Waals surface area (Å²) in [7, 11) is 0. The van der Waals surface area contributed by atoms with Crippen LogP contribution in [-0.2, 0) is 19.2 Å². The maximum atomic E-state index is 13.9. The number of hydrogen-bond acceptors (Lipinski definition) is 6. The molecule has 3 atom stereocenters. The van der Waals surface area contributed by atoms with Crippen LogP contribution >= 0.6 is 11.3 Å². The van der Waals surface area contributed by atoms with Gasteiger partial charge >= 0.3 is 0 Å². The molecule has 3 fully saturated rings. The topological polar surface area (TPSA) is 109 Å². The van der Waals surface area contributed by atoms with Crippen LogP contribution in [0.15, 0.2) is 30.3 Å². The molecule has 2 aromatic rings. The van der Waals surface area contributed by atoms with Crippen molar-refractivity contribution < 1.29 is 24.0 Å². The second kappa shape index (κ2) is 14.5. The number of rotatable bonds is 12. The molecule has 2 amide bonds. The van der Waals surface area contributed by atoms with Gasteiger partial charge in [0.1, 0.15) is 5.78 Å². The number of carbonyl (C=O) groups is 5.